The quantitative estimate of drug-likeness (QED) is 0.146. The Hall–Kier alpha value is -4.79. The van der Waals surface area contributed by atoms with Crippen LogP contribution in [0.3, 0.4) is 0 Å². The molecule has 4 aromatic rings. The average Bonchev–Trinajstić information content (AvgIpc) is 3.55. The zero-order valence-electron chi connectivity index (χ0n) is 31.6. The number of rotatable bonds is 12. The van der Waals surface area contributed by atoms with Crippen LogP contribution in [0.25, 0.3) is 10.9 Å². The Morgan fingerprint density at radius 2 is 1.51 bits per heavy atom. The highest BCUT2D eigenvalue weighted by atomic mass is 16.6. The summed E-state index contributed by atoms with van der Waals surface area (Å²) in [4.78, 5) is 42.1. The number of nitrogens with zero attached hydrogens (tertiary/aromatic N) is 3. The summed E-state index contributed by atoms with van der Waals surface area (Å²) in [5.74, 6) is -0.399. The molecule has 0 bridgehead atoms. The molecule has 3 heterocycles. The third-order valence-electron chi connectivity index (χ3n) is 10.6. The van der Waals surface area contributed by atoms with Crippen LogP contribution in [0.5, 0.6) is 0 Å². The number of hydrogen-bond acceptors (Lipinski definition) is 9. The predicted molar refractivity (Wildman–Crippen MR) is 205 cm³/mol. The van der Waals surface area contributed by atoms with Crippen LogP contribution in [0, 0.1) is 6.92 Å². The van der Waals surface area contributed by atoms with Crippen molar-refractivity contribution in [2.24, 2.45) is 0 Å². The molecule has 6 rings (SSSR count). The van der Waals surface area contributed by atoms with Crippen LogP contribution in [0.4, 0.5) is 4.79 Å². The summed E-state index contributed by atoms with van der Waals surface area (Å²) >= 11 is 0. The highest BCUT2D eigenvalue weighted by molar-refractivity contribution is 5.91. The van der Waals surface area contributed by atoms with Gasteiger partial charge in [-0.1, -0.05) is 66.7 Å². The third kappa shape index (κ3) is 9.20. The number of aromatic nitrogens is 1. The van der Waals surface area contributed by atoms with E-state index < -0.39 is 48.9 Å². The smallest absolute Gasteiger partial charge is 0.410 e. The summed E-state index contributed by atoms with van der Waals surface area (Å²) in [6, 6.07) is 23.5. The van der Waals surface area contributed by atoms with Crippen LogP contribution in [-0.2, 0) is 38.5 Å². The molecule has 2 aliphatic heterocycles. The van der Waals surface area contributed by atoms with Gasteiger partial charge >= 0.3 is 6.09 Å². The highest BCUT2D eigenvalue weighted by Crippen LogP contribution is 2.35. The van der Waals surface area contributed by atoms with Gasteiger partial charge in [0.15, 0.2) is 6.23 Å². The first kappa shape index (κ1) is 39.9. The minimum absolute atomic E-state index is 0.190. The Morgan fingerprint density at radius 1 is 0.836 bits per heavy atom. The maximum atomic E-state index is 13.4. The van der Waals surface area contributed by atoms with E-state index in [1.807, 2.05) is 73.8 Å². The summed E-state index contributed by atoms with van der Waals surface area (Å²) in [5.41, 5.74) is 4.78. The lowest BCUT2D eigenvalue weighted by Gasteiger charge is -2.40. The molecule has 13 nitrogen and oxygen atoms in total. The van der Waals surface area contributed by atoms with Crippen LogP contribution in [0.15, 0.2) is 79.0 Å². The normalized spacial score (nSPS) is 21.8. The number of fused-ring (bicyclic) bond motifs is 1. The van der Waals surface area contributed by atoms with Crippen molar-refractivity contribution in [3.8, 4) is 0 Å². The van der Waals surface area contributed by atoms with Crippen LogP contribution < -0.4 is 5.32 Å². The predicted octanol–water partition coefficient (Wildman–Crippen LogP) is 3.21. The fourth-order valence-corrected chi connectivity index (χ4v) is 7.50. The number of hydrogen-bond donors (Lipinski definition) is 5. The summed E-state index contributed by atoms with van der Waals surface area (Å²) in [6.45, 7) is 6.52. The summed E-state index contributed by atoms with van der Waals surface area (Å²) < 4.78 is 13.1. The standard InChI is InChI=1S/C42H52N4O9/c1-27-9-7-13-32-35(27)31(24-46(32)39-38(51)37(50)36(49)33(25-47)55-39)23-29-17-15-28(16-18-29)12-8-14-34(48)43-42(2,3)40(52)44-19-21-45(22-20-44)41(53)54-26-30-10-5-4-6-11-30/h4-7,9-11,13,15-18,24,33,36-39,47,49-51H,8,12,14,19-23,25-26H2,1-3H3,(H,43,48)/t33-,36-,37+,38-,39-/m1/s1. The first-order valence-corrected chi connectivity index (χ1v) is 18.9. The van der Waals surface area contributed by atoms with Crippen molar-refractivity contribution >= 4 is 28.8 Å². The maximum Gasteiger partial charge on any atom is 0.410 e. The fraction of sp³-hybridized carbons (Fsp3) is 0.452. The zero-order chi connectivity index (χ0) is 39.3. The monoisotopic (exact) mass is 756 g/mol. The molecule has 5 atom stereocenters. The molecule has 5 N–H and O–H groups in total. The van der Waals surface area contributed by atoms with Gasteiger partial charge in [0, 0.05) is 44.2 Å². The molecule has 0 spiro atoms. The second-order valence-electron chi connectivity index (χ2n) is 15.1. The molecule has 13 heteroatoms. The van der Waals surface area contributed by atoms with Gasteiger partial charge in [-0.15, -0.1) is 0 Å². The van der Waals surface area contributed by atoms with Crippen molar-refractivity contribution in [1.29, 1.82) is 0 Å². The fourth-order valence-electron chi connectivity index (χ4n) is 7.50. The van der Waals surface area contributed by atoms with Gasteiger partial charge in [-0.2, -0.15) is 0 Å². The Kier molecular flexibility index (Phi) is 12.6. The van der Waals surface area contributed by atoms with E-state index in [1.54, 1.807) is 28.2 Å². The van der Waals surface area contributed by atoms with E-state index in [0.29, 0.717) is 45.4 Å². The molecule has 2 fully saturated rings. The van der Waals surface area contributed by atoms with Gasteiger partial charge in [0.05, 0.1) is 12.1 Å². The molecular formula is C42H52N4O9. The van der Waals surface area contributed by atoms with Crippen LogP contribution in [0.2, 0.25) is 0 Å². The molecule has 55 heavy (non-hydrogen) atoms. The Morgan fingerprint density at radius 3 is 2.20 bits per heavy atom. The molecule has 294 valence electrons. The maximum absolute atomic E-state index is 13.4. The van der Waals surface area contributed by atoms with Gasteiger partial charge in [-0.25, -0.2) is 4.79 Å². The SMILES string of the molecule is Cc1cccc2c1c(Cc1ccc(CCCC(=O)NC(C)(C)C(=O)N3CCN(C(=O)OCc4ccccc4)CC3)cc1)cn2[C@@H]1O[C@H](CO)[C@@H](O)[C@H](O)[C@H]1O. The van der Waals surface area contributed by atoms with Crippen molar-refractivity contribution in [3.63, 3.8) is 0 Å². The number of nitrogens with one attached hydrogen (secondary N) is 1. The molecule has 1 aromatic heterocycles. The molecular weight excluding hydrogens is 704 g/mol. The van der Waals surface area contributed by atoms with Gasteiger partial charge in [-0.05, 0) is 73.9 Å². The van der Waals surface area contributed by atoms with Gasteiger partial charge in [0.1, 0.15) is 36.6 Å². The van der Waals surface area contributed by atoms with Gasteiger partial charge in [0.25, 0.3) is 0 Å². The van der Waals surface area contributed by atoms with E-state index in [1.165, 1.54) is 0 Å². The number of amides is 3. The second-order valence-corrected chi connectivity index (χ2v) is 15.1. The number of aryl methyl sites for hydroxylation is 2. The minimum atomic E-state index is -1.48. The molecule has 2 aliphatic rings. The van der Waals surface area contributed by atoms with Gasteiger partial charge in [0.2, 0.25) is 11.8 Å². The molecule has 3 aromatic carbocycles. The number of benzene rings is 3. The van der Waals surface area contributed by atoms with Crippen molar-refractivity contribution in [3.05, 3.63) is 107 Å². The molecule has 0 radical (unpaired) electrons. The second kappa shape index (κ2) is 17.3. The summed E-state index contributed by atoms with van der Waals surface area (Å²) in [7, 11) is 0. The minimum Gasteiger partial charge on any atom is -0.445 e. The topological polar surface area (TPSA) is 174 Å². The lowest BCUT2D eigenvalue weighted by molar-refractivity contribution is -0.250. The number of carbonyl (C=O) groups is 3. The Balaban J connectivity index is 0.980. The largest absolute Gasteiger partial charge is 0.445 e. The number of carbonyl (C=O) groups excluding carboxylic acids is 3. The summed E-state index contributed by atoms with van der Waals surface area (Å²) in [5, 5.41) is 45.2. The Bertz CT molecular complexity index is 1940. The van der Waals surface area contributed by atoms with E-state index in [9.17, 15) is 34.8 Å². The number of ether oxygens (including phenoxy) is 2. The van der Waals surface area contributed by atoms with Crippen molar-refractivity contribution < 1.29 is 44.3 Å². The van der Waals surface area contributed by atoms with Crippen molar-refractivity contribution in [2.45, 2.75) is 89.2 Å². The molecule has 0 unspecified atom stereocenters. The average molecular weight is 757 g/mol. The van der Waals surface area contributed by atoms with Crippen LogP contribution >= 0.6 is 0 Å². The molecule has 0 saturated carbocycles. The molecule has 2 saturated heterocycles. The highest BCUT2D eigenvalue weighted by Gasteiger charge is 2.44. The van der Waals surface area contributed by atoms with Crippen molar-refractivity contribution in [1.82, 2.24) is 19.7 Å². The van der Waals surface area contributed by atoms with E-state index in [0.717, 1.165) is 38.7 Å². The van der Waals surface area contributed by atoms with E-state index in [4.69, 9.17) is 9.47 Å². The van der Waals surface area contributed by atoms with Gasteiger partial charge in [-0.3, -0.25) is 9.59 Å². The third-order valence-corrected chi connectivity index (χ3v) is 10.6. The first-order chi connectivity index (χ1) is 26.4. The van der Waals surface area contributed by atoms with Gasteiger partial charge < -0.3 is 49.6 Å². The molecule has 0 aliphatic carbocycles. The number of piperazine rings is 1. The molecule has 3 amide bonds. The number of aliphatic hydroxyl groups is 4. The zero-order valence-corrected chi connectivity index (χ0v) is 31.6. The lowest BCUT2D eigenvalue weighted by Crippen LogP contribution is -2.60. The summed E-state index contributed by atoms with van der Waals surface area (Å²) in [6.07, 6.45) is -2.72. The van der Waals surface area contributed by atoms with E-state index in [2.05, 4.69) is 17.4 Å². The van der Waals surface area contributed by atoms with Crippen LogP contribution in [-0.4, -0.2) is 115 Å². The Labute approximate surface area is 321 Å². The first-order valence-electron chi connectivity index (χ1n) is 18.9. The van der Waals surface area contributed by atoms with E-state index in [-0.39, 0.29) is 24.8 Å². The lowest BCUT2D eigenvalue weighted by atomic mass is 9.98. The van der Waals surface area contributed by atoms with Crippen molar-refractivity contribution in [2.75, 3.05) is 32.8 Å². The number of aliphatic hydroxyl groups excluding tert-OH is 4. The van der Waals surface area contributed by atoms with E-state index >= 15 is 0 Å². The van der Waals surface area contributed by atoms with Crippen LogP contribution in [0.1, 0.15) is 60.7 Å².